The molecular weight excluding hydrogens is 438 g/mol. The molecule has 1 amide bonds. The molecule has 0 radical (unpaired) electrons. The van der Waals surface area contributed by atoms with Crippen molar-refractivity contribution in [1.29, 1.82) is 0 Å². The van der Waals surface area contributed by atoms with E-state index in [2.05, 4.69) is 13.8 Å². The molecule has 35 heavy (non-hydrogen) atoms. The molecule has 1 atom stereocenters. The highest BCUT2D eigenvalue weighted by Gasteiger charge is 2.28. The number of rotatable bonds is 13. The van der Waals surface area contributed by atoms with Gasteiger partial charge in [-0.15, -0.1) is 0 Å². The Bertz CT molecular complexity index is 1150. The van der Waals surface area contributed by atoms with Crippen molar-refractivity contribution in [3.8, 4) is 5.69 Å². The second-order valence-corrected chi connectivity index (χ2v) is 9.13. The highest BCUT2D eigenvalue weighted by molar-refractivity contribution is 5.79. The van der Waals surface area contributed by atoms with Crippen molar-refractivity contribution in [3.63, 3.8) is 0 Å². The highest BCUT2D eigenvalue weighted by Crippen LogP contribution is 2.27. The zero-order chi connectivity index (χ0) is 25.2. The number of hydrogen-bond acceptors (Lipinski definition) is 4. The van der Waals surface area contributed by atoms with Crippen LogP contribution in [0.1, 0.15) is 76.2 Å². The van der Waals surface area contributed by atoms with E-state index in [1.165, 1.54) is 0 Å². The summed E-state index contributed by atoms with van der Waals surface area (Å²) in [5.74, 6) is 0.723. The van der Waals surface area contributed by atoms with E-state index in [9.17, 15) is 9.59 Å². The molecule has 3 rings (SSSR count). The fourth-order valence-electron chi connectivity index (χ4n) is 4.54. The SMILES string of the molecule is CCCCCCC(=O)N(CCCOC)C(CC)c1nc2ccccc2c(=O)n1-c1ccc(C)cc1. The number of nitrogens with zero attached hydrogens (tertiary/aromatic N) is 3. The van der Waals surface area contributed by atoms with Crippen LogP contribution in [0.3, 0.4) is 0 Å². The molecule has 6 heteroatoms. The molecule has 0 saturated heterocycles. The van der Waals surface area contributed by atoms with Gasteiger partial charge in [-0.25, -0.2) is 4.98 Å². The van der Waals surface area contributed by atoms with Crippen molar-refractivity contribution in [2.75, 3.05) is 20.3 Å². The number of aromatic nitrogens is 2. The Morgan fingerprint density at radius 1 is 1.03 bits per heavy atom. The lowest BCUT2D eigenvalue weighted by Gasteiger charge is -2.32. The molecule has 0 bridgehead atoms. The average molecular weight is 478 g/mol. The minimum atomic E-state index is -0.316. The third kappa shape index (κ3) is 6.57. The predicted molar refractivity (Wildman–Crippen MR) is 142 cm³/mol. The molecule has 0 aliphatic rings. The molecule has 0 fully saturated rings. The number of benzene rings is 2. The Labute approximate surface area is 208 Å². The quantitative estimate of drug-likeness (QED) is 0.284. The first-order chi connectivity index (χ1) is 17.0. The van der Waals surface area contributed by atoms with Gasteiger partial charge >= 0.3 is 0 Å². The summed E-state index contributed by atoms with van der Waals surface area (Å²) in [6.45, 7) is 7.39. The van der Waals surface area contributed by atoms with E-state index >= 15 is 0 Å². The van der Waals surface area contributed by atoms with Crippen LogP contribution in [0.25, 0.3) is 16.6 Å². The van der Waals surface area contributed by atoms with Crippen LogP contribution in [0.15, 0.2) is 53.3 Å². The lowest BCUT2D eigenvalue weighted by Crippen LogP contribution is -2.39. The third-order valence-electron chi connectivity index (χ3n) is 6.47. The van der Waals surface area contributed by atoms with Crippen LogP contribution in [0.5, 0.6) is 0 Å². The first-order valence-corrected chi connectivity index (χ1v) is 12.9. The first-order valence-electron chi connectivity index (χ1n) is 12.9. The summed E-state index contributed by atoms with van der Waals surface area (Å²) in [4.78, 5) is 34.1. The van der Waals surface area contributed by atoms with Crippen LogP contribution in [0.4, 0.5) is 0 Å². The zero-order valence-corrected chi connectivity index (χ0v) is 21.6. The normalized spacial score (nSPS) is 12.1. The van der Waals surface area contributed by atoms with Crippen molar-refractivity contribution >= 4 is 16.8 Å². The van der Waals surface area contributed by atoms with Gasteiger partial charge in [-0.2, -0.15) is 0 Å². The summed E-state index contributed by atoms with van der Waals surface area (Å²) in [7, 11) is 1.67. The predicted octanol–water partition coefficient (Wildman–Crippen LogP) is 5.98. The lowest BCUT2D eigenvalue weighted by atomic mass is 10.1. The van der Waals surface area contributed by atoms with Gasteiger partial charge in [0.05, 0.1) is 22.6 Å². The lowest BCUT2D eigenvalue weighted by molar-refractivity contribution is -0.134. The summed E-state index contributed by atoms with van der Waals surface area (Å²) in [5.41, 5.74) is 2.42. The molecule has 0 aliphatic heterocycles. The number of hydrogen-bond donors (Lipinski definition) is 0. The minimum absolute atomic E-state index is 0.111. The number of fused-ring (bicyclic) bond motifs is 1. The molecule has 0 N–H and O–H groups in total. The van der Waals surface area contributed by atoms with Gasteiger partial charge in [0.2, 0.25) is 5.91 Å². The van der Waals surface area contributed by atoms with Gasteiger partial charge in [-0.1, -0.05) is 62.9 Å². The fraction of sp³-hybridized carbons (Fsp3) is 0.483. The standard InChI is InChI=1S/C29H39N3O3/c1-5-7-8-9-15-27(33)31(20-12-21-35-4)26(6-2)28-30-25-14-11-10-13-24(25)29(34)32(28)23-18-16-22(3)17-19-23/h10-11,13-14,16-19,26H,5-9,12,15,20-21H2,1-4H3. The second kappa shape index (κ2) is 13.2. The van der Waals surface area contributed by atoms with Gasteiger partial charge in [0.1, 0.15) is 5.82 Å². The van der Waals surface area contributed by atoms with Gasteiger partial charge in [0, 0.05) is 26.7 Å². The van der Waals surface area contributed by atoms with Gasteiger partial charge in [0.15, 0.2) is 0 Å². The van der Waals surface area contributed by atoms with E-state index in [-0.39, 0.29) is 17.5 Å². The molecule has 1 unspecified atom stereocenters. The number of ether oxygens (including phenoxy) is 1. The number of methoxy groups -OCH3 is 1. The van der Waals surface area contributed by atoms with Crippen molar-refractivity contribution in [1.82, 2.24) is 14.5 Å². The van der Waals surface area contributed by atoms with E-state index < -0.39 is 0 Å². The summed E-state index contributed by atoms with van der Waals surface area (Å²) in [5, 5.41) is 0.573. The smallest absolute Gasteiger partial charge is 0.266 e. The van der Waals surface area contributed by atoms with E-state index in [0.717, 1.165) is 43.4 Å². The van der Waals surface area contributed by atoms with Crippen LogP contribution >= 0.6 is 0 Å². The number of aryl methyl sites for hydroxylation is 1. The van der Waals surface area contributed by atoms with Crippen molar-refractivity contribution in [3.05, 3.63) is 70.3 Å². The van der Waals surface area contributed by atoms with Gasteiger partial charge in [0.25, 0.3) is 5.56 Å². The zero-order valence-electron chi connectivity index (χ0n) is 21.6. The summed E-state index contributed by atoms with van der Waals surface area (Å²) >= 11 is 0. The Morgan fingerprint density at radius 3 is 2.46 bits per heavy atom. The van der Waals surface area contributed by atoms with Crippen molar-refractivity contribution in [2.45, 2.75) is 71.8 Å². The van der Waals surface area contributed by atoms with E-state index in [0.29, 0.717) is 42.7 Å². The maximum Gasteiger partial charge on any atom is 0.266 e. The Kier molecular flexibility index (Phi) is 10.0. The largest absolute Gasteiger partial charge is 0.385 e. The van der Waals surface area contributed by atoms with Gasteiger partial charge in [-0.05, 0) is 50.5 Å². The average Bonchev–Trinajstić information content (AvgIpc) is 2.87. The Hall–Kier alpha value is -2.99. The molecule has 0 aliphatic carbocycles. The molecule has 3 aromatic rings. The maximum absolute atomic E-state index is 13.8. The Balaban J connectivity index is 2.11. The van der Waals surface area contributed by atoms with Crippen LogP contribution in [-0.2, 0) is 9.53 Å². The molecule has 0 spiro atoms. The topological polar surface area (TPSA) is 64.4 Å². The molecule has 1 heterocycles. The third-order valence-corrected chi connectivity index (χ3v) is 6.47. The minimum Gasteiger partial charge on any atom is -0.385 e. The molecule has 188 valence electrons. The summed E-state index contributed by atoms with van der Waals surface area (Å²) in [6, 6.07) is 15.0. The number of unbranched alkanes of at least 4 members (excludes halogenated alkanes) is 3. The van der Waals surface area contributed by atoms with Crippen LogP contribution in [0.2, 0.25) is 0 Å². The fourth-order valence-corrected chi connectivity index (χ4v) is 4.54. The number of amides is 1. The van der Waals surface area contributed by atoms with Crippen LogP contribution in [-0.4, -0.2) is 40.6 Å². The van der Waals surface area contributed by atoms with E-state index in [4.69, 9.17) is 9.72 Å². The Morgan fingerprint density at radius 2 is 1.77 bits per heavy atom. The number of para-hydroxylation sites is 1. The monoisotopic (exact) mass is 477 g/mol. The van der Waals surface area contributed by atoms with Crippen molar-refractivity contribution < 1.29 is 9.53 Å². The highest BCUT2D eigenvalue weighted by atomic mass is 16.5. The van der Waals surface area contributed by atoms with Gasteiger partial charge < -0.3 is 9.64 Å². The van der Waals surface area contributed by atoms with Crippen LogP contribution in [0, 0.1) is 6.92 Å². The van der Waals surface area contributed by atoms with Gasteiger partial charge in [-0.3, -0.25) is 14.2 Å². The number of carbonyl (C=O) groups is 1. The molecule has 2 aromatic carbocycles. The van der Waals surface area contributed by atoms with Crippen molar-refractivity contribution in [2.24, 2.45) is 0 Å². The second-order valence-electron chi connectivity index (χ2n) is 9.13. The molecule has 1 aromatic heterocycles. The molecule has 6 nitrogen and oxygen atoms in total. The maximum atomic E-state index is 13.8. The number of carbonyl (C=O) groups excluding carboxylic acids is 1. The van der Waals surface area contributed by atoms with Crippen LogP contribution < -0.4 is 5.56 Å². The molecule has 0 saturated carbocycles. The molecular formula is C29H39N3O3. The summed E-state index contributed by atoms with van der Waals surface area (Å²) in [6.07, 6.45) is 6.08. The van der Waals surface area contributed by atoms with E-state index in [1.807, 2.05) is 60.4 Å². The first kappa shape index (κ1) is 26.6. The summed E-state index contributed by atoms with van der Waals surface area (Å²) < 4.78 is 6.97. The van der Waals surface area contributed by atoms with E-state index in [1.54, 1.807) is 11.7 Å².